The molecule has 2 amide bonds. The van der Waals surface area contributed by atoms with Gasteiger partial charge in [-0.15, -0.1) is 0 Å². The van der Waals surface area contributed by atoms with Crippen molar-refractivity contribution in [3.8, 4) is 11.8 Å². The first-order valence-electron chi connectivity index (χ1n) is 13.3. The first-order chi connectivity index (χ1) is 18.1. The van der Waals surface area contributed by atoms with Gasteiger partial charge in [0, 0.05) is 22.7 Å². The van der Waals surface area contributed by atoms with Crippen molar-refractivity contribution < 1.29 is 14.3 Å². The lowest BCUT2D eigenvalue weighted by Gasteiger charge is -2.20. The van der Waals surface area contributed by atoms with Crippen LogP contribution >= 0.6 is 0 Å². The van der Waals surface area contributed by atoms with Crippen LogP contribution in [0.1, 0.15) is 73.6 Å². The van der Waals surface area contributed by atoms with Crippen LogP contribution < -0.4 is 16.0 Å². The Hall–Kier alpha value is -3.82. The molecule has 3 aromatic rings. The van der Waals surface area contributed by atoms with Gasteiger partial charge in [0.05, 0.1) is 6.04 Å². The highest BCUT2D eigenvalue weighted by Gasteiger charge is 2.19. The second-order valence-electron chi connectivity index (χ2n) is 10.9. The zero-order valence-electron chi connectivity index (χ0n) is 22.9. The Morgan fingerprint density at radius 2 is 1.74 bits per heavy atom. The molecule has 1 aliphatic heterocycles. The molecule has 1 atom stereocenters. The van der Waals surface area contributed by atoms with Gasteiger partial charge in [-0.2, -0.15) is 0 Å². The molecule has 3 N–H and O–H groups in total. The fourth-order valence-corrected chi connectivity index (χ4v) is 4.67. The molecule has 3 aromatic carbocycles. The Morgan fingerprint density at radius 1 is 1.03 bits per heavy atom. The number of hydrogen-bond donors (Lipinski definition) is 3. The highest BCUT2D eigenvalue weighted by Crippen LogP contribution is 2.28. The van der Waals surface area contributed by atoms with E-state index in [9.17, 15) is 9.59 Å². The van der Waals surface area contributed by atoms with Gasteiger partial charge in [0.15, 0.2) is 0 Å². The van der Waals surface area contributed by atoms with Crippen molar-refractivity contribution in [1.29, 1.82) is 0 Å². The van der Waals surface area contributed by atoms with Crippen LogP contribution in [0.2, 0.25) is 0 Å². The summed E-state index contributed by atoms with van der Waals surface area (Å²) in [6.45, 7) is 11.3. The SMILES string of the molecule is Cc1ccc(NC(=O)OC(C)(C)C)cc1C(=O)NC(C)c1ccc(C#CC2CCNCC2)c2ccccc12. The van der Waals surface area contributed by atoms with Gasteiger partial charge in [0.25, 0.3) is 5.91 Å². The van der Waals surface area contributed by atoms with E-state index in [2.05, 4.69) is 52.1 Å². The van der Waals surface area contributed by atoms with E-state index >= 15 is 0 Å². The minimum Gasteiger partial charge on any atom is -0.444 e. The molecule has 0 aromatic heterocycles. The lowest BCUT2D eigenvalue weighted by Crippen LogP contribution is -2.28. The Balaban J connectivity index is 1.53. The van der Waals surface area contributed by atoms with Gasteiger partial charge in [-0.3, -0.25) is 10.1 Å². The van der Waals surface area contributed by atoms with Crippen LogP contribution in [-0.4, -0.2) is 30.7 Å². The first kappa shape index (κ1) is 27.2. The van der Waals surface area contributed by atoms with Crippen molar-refractivity contribution in [3.05, 3.63) is 76.9 Å². The van der Waals surface area contributed by atoms with E-state index in [1.807, 2.05) is 32.0 Å². The number of anilines is 1. The van der Waals surface area contributed by atoms with E-state index in [0.29, 0.717) is 17.2 Å². The number of ether oxygens (including phenoxy) is 1. The second-order valence-corrected chi connectivity index (χ2v) is 10.9. The van der Waals surface area contributed by atoms with Gasteiger partial charge in [-0.1, -0.05) is 48.2 Å². The molecule has 1 unspecified atom stereocenters. The topological polar surface area (TPSA) is 79.5 Å². The Bertz CT molecular complexity index is 1390. The lowest BCUT2D eigenvalue weighted by atomic mass is 9.94. The maximum Gasteiger partial charge on any atom is 0.412 e. The zero-order valence-corrected chi connectivity index (χ0v) is 22.9. The van der Waals surface area contributed by atoms with Crippen LogP contribution in [0.25, 0.3) is 10.8 Å². The molecular formula is C32H37N3O3. The Labute approximate surface area is 225 Å². The molecule has 1 fully saturated rings. The molecule has 0 radical (unpaired) electrons. The third kappa shape index (κ3) is 6.93. The summed E-state index contributed by atoms with van der Waals surface area (Å²) in [5, 5.41) is 11.4. The molecule has 1 saturated heterocycles. The number of nitrogens with one attached hydrogen (secondary N) is 3. The van der Waals surface area contributed by atoms with Gasteiger partial charge in [-0.05, 0) is 101 Å². The molecule has 0 spiro atoms. The summed E-state index contributed by atoms with van der Waals surface area (Å²) < 4.78 is 5.33. The molecule has 0 saturated carbocycles. The molecule has 6 heteroatoms. The number of amides is 2. The van der Waals surface area contributed by atoms with Gasteiger partial charge in [-0.25, -0.2) is 4.79 Å². The number of carbonyl (C=O) groups excluding carboxylic acids is 2. The highest BCUT2D eigenvalue weighted by atomic mass is 16.6. The van der Waals surface area contributed by atoms with Gasteiger partial charge in [0.1, 0.15) is 5.60 Å². The zero-order chi connectivity index (χ0) is 27.3. The monoisotopic (exact) mass is 511 g/mol. The molecule has 0 bridgehead atoms. The van der Waals surface area contributed by atoms with E-state index in [1.54, 1.807) is 32.9 Å². The average molecular weight is 512 g/mol. The number of piperidine rings is 1. The number of fused-ring (bicyclic) bond motifs is 1. The fraction of sp³-hybridized carbons (Fsp3) is 0.375. The van der Waals surface area contributed by atoms with Gasteiger partial charge < -0.3 is 15.4 Å². The van der Waals surface area contributed by atoms with Crippen molar-refractivity contribution in [2.75, 3.05) is 18.4 Å². The minimum absolute atomic E-state index is 0.207. The normalized spacial score (nSPS) is 14.8. The minimum atomic E-state index is -0.609. The second kappa shape index (κ2) is 11.7. The van der Waals surface area contributed by atoms with Crippen molar-refractivity contribution in [2.45, 2.75) is 59.1 Å². The molecule has 1 aliphatic rings. The average Bonchev–Trinajstić information content (AvgIpc) is 2.87. The highest BCUT2D eigenvalue weighted by molar-refractivity contribution is 5.98. The third-order valence-electron chi connectivity index (χ3n) is 6.65. The van der Waals surface area contributed by atoms with Crippen LogP contribution in [-0.2, 0) is 4.74 Å². The van der Waals surface area contributed by atoms with Crippen molar-refractivity contribution in [2.24, 2.45) is 5.92 Å². The summed E-state index contributed by atoms with van der Waals surface area (Å²) in [6, 6.07) is 17.4. The number of carbonyl (C=O) groups is 2. The smallest absolute Gasteiger partial charge is 0.412 e. The maximum atomic E-state index is 13.3. The van der Waals surface area contributed by atoms with Crippen LogP contribution in [0, 0.1) is 24.7 Å². The molecular weight excluding hydrogens is 474 g/mol. The van der Waals surface area contributed by atoms with E-state index < -0.39 is 11.7 Å². The number of rotatable bonds is 4. The first-order valence-corrected chi connectivity index (χ1v) is 13.3. The Morgan fingerprint density at radius 3 is 2.45 bits per heavy atom. The largest absolute Gasteiger partial charge is 0.444 e. The van der Waals surface area contributed by atoms with Gasteiger partial charge >= 0.3 is 6.09 Å². The van der Waals surface area contributed by atoms with E-state index in [-0.39, 0.29) is 11.9 Å². The van der Waals surface area contributed by atoms with Crippen molar-refractivity contribution in [3.63, 3.8) is 0 Å². The van der Waals surface area contributed by atoms with Crippen LogP contribution in [0.3, 0.4) is 0 Å². The van der Waals surface area contributed by atoms with Crippen LogP contribution in [0.15, 0.2) is 54.6 Å². The van der Waals surface area contributed by atoms with E-state index in [0.717, 1.165) is 53.4 Å². The third-order valence-corrected chi connectivity index (χ3v) is 6.65. The summed E-state index contributed by atoms with van der Waals surface area (Å²) in [7, 11) is 0. The standard InChI is InChI=1S/C32H37N3O3/c1-21-10-14-25(35-31(37)38-32(3,4)5)20-29(21)30(36)34-22(2)26-15-13-24(27-8-6-7-9-28(26)27)12-11-23-16-18-33-19-17-23/h6-10,13-15,20,22-23,33H,16-19H2,1-5H3,(H,34,36)(H,35,37). The van der Waals surface area contributed by atoms with Crippen LogP contribution in [0.5, 0.6) is 0 Å². The summed E-state index contributed by atoms with van der Waals surface area (Å²) in [6.07, 6.45) is 1.61. The van der Waals surface area contributed by atoms with Crippen molar-refractivity contribution in [1.82, 2.24) is 10.6 Å². The van der Waals surface area contributed by atoms with Crippen LogP contribution in [0.4, 0.5) is 10.5 Å². The molecule has 38 heavy (non-hydrogen) atoms. The summed E-state index contributed by atoms with van der Waals surface area (Å²) >= 11 is 0. The van der Waals surface area contributed by atoms with Gasteiger partial charge in [0.2, 0.25) is 0 Å². The molecule has 198 valence electrons. The molecule has 0 aliphatic carbocycles. The number of hydrogen-bond acceptors (Lipinski definition) is 4. The fourth-order valence-electron chi connectivity index (χ4n) is 4.67. The summed E-state index contributed by atoms with van der Waals surface area (Å²) in [5.74, 6) is 7.12. The Kier molecular flexibility index (Phi) is 8.38. The molecule has 6 nitrogen and oxygen atoms in total. The predicted molar refractivity (Wildman–Crippen MR) is 153 cm³/mol. The van der Waals surface area contributed by atoms with E-state index in [4.69, 9.17) is 4.74 Å². The quantitative estimate of drug-likeness (QED) is 0.357. The lowest BCUT2D eigenvalue weighted by molar-refractivity contribution is 0.0635. The molecule has 1 heterocycles. The summed E-state index contributed by atoms with van der Waals surface area (Å²) in [4.78, 5) is 25.5. The number of benzene rings is 3. The maximum absolute atomic E-state index is 13.3. The van der Waals surface area contributed by atoms with E-state index in [1.165, 1.54) is 0 Å². The predicted octanol–water partition coefficient (Wildman–Crippen LogP) is 6.34. The number of aryl methyl sites for hydroxylation is 1. The molecule has 4 rings (SSSR count). The van der Waals surface area contributed by atoms with Crippen molar-refractivity contribution >= 4 is 28.5 Å². The summed E-state index contributed by atoms with van der Waals surface area (Å²) in [5.41, 5.74) is 3.25.